The normalized spacial score (nSPS) is 18.0. The number of nitrogens with one attached hydrogen (secondary N) is 1. The van der Waals surface area contributed by atoms with Crippen LogP contribution in [0.5, 0.6) is 0 Å². The lowest BCUT2D eigenvalue weighted by Crippen LogP contribution is -2.15. The van der Waals surface area contributed by atoms with Gasteiger partial charge in [0.25, 0.3) is 0 Å². The summed E-state index contributed by atoms with van der Waals surface area (Å²) in [5.74, 6) is -0.877. The van der Waals surface area contributed by atoms with E-state index in [9.17, 15) is 4.79 Å². The fourth-order valence-electron chi connectivity index (χ4n) is 0.682. The average Bonchev–Trinajstić information content (AvgIpc) is 2.62. The summed E-state index contributed by atoms with van der Waals surface area (Å²) in [7, 11) is 0. The predicted molar refractivity (Wildman–Crippen MR) is 37.8 cm³/mol. The number of carboxylic acids is 1. The van der Waals surface area contributed by atoms with E-state index in [0.717, 1.165) is 6.08 Å². The first-order valence-electron chi connectivity index (χ1n) is 3.42. The smallest absolute Gasteiger partial charge is 0.328 e. The molecule has 0 heterocycles. The van der Waals surface area contributed by atoms with Crippen molar-refractivity contribution in [2.75, 3.05) is 6.54 Å². The third kappa shape index (κ3) is 3.25. The molecular formula is C7H11NO2. The number of hydrogen-bond donors (Lipinski definition) is 2. The Balaban J connectivity index is 1.97. The van der Waals surface area contributed by atoms with Crippen molar-refractivity contribution < 1.29 is 9.90 Å². The van der Waals surface area contributed by atoms with Gasteiger partial charge in [-0.15, -0.1) is 0 Å². The van der Waals surface area contributed by atoms with Crippen molar-refractivity contribution in [1.29, 1.82) is 0 Å². The molecule has 2 N–H and O–H groups in total. The van der Waals surface area contributed by atoms with E-state index in [1.165, 1.54) is 12.8 Å². The molecule has 3 heteroatoms. The number of hydrogen-bond acceptors (Lipinski definition) is 2. The molecule has 0 bridgehead atoms. The number of carboxylic acid groups (broad SMARTS) is 1. The summed E-state index contributed by atoms with van der Waals surface area (Å²) in [5, 5.41) is 11.3. The summed E-state index contributed by atoms with van der Waals surface area (Å²) in [6.45, 7) is 0.678. The Labute approximate surface area is 59.7 Å². The van der Waals surface area contributed by atoms with Crippen LogP contribution < -0.4 is 5.32 Å². The number of aliphatic carboxylic acids is 1. The maximum absolute atomic E-state index is 9.95. The first-order chi connectivity index (χ1) is 4.79. The summed E-state index contributed by atoms with van der Waals surface area (Å²) in [6, 6.07) is 0.651. The van der Waals surface area contributed by atoms with Gasteiger partial charge in [0.2, 0.25) is 0 Å². The maximum Gasteiger partial charge on any atom is 0.328 e. The van der Waals surface area contributed by atoms with Crippen molar-refractivity contribution in [2.24, 2.45) is 0 Å². The van der Waals surface area contributed by atoms with Crippen molar-refractivity contribution in [3.05, 3.63) is 12.2 Å². The third-order valence-electron chi connectivity index (χ3n) is 1.36. The molecular weight excluding hydrogens is 130 g/mol. The van der Waals surface area contributed by atoms with Gasteiger partial charge in [-0.3, -0.25) is 0 Å². The lowest BCUT2D eigenvalue weighted by Gasteiger charge is -1.92. The molecule has 0 aromatic rings. The van der Waals surface area contributed by atoms with Crippen LogP contribution in [0, 0.1) is 0 Å². The first kappa shape index (κ1) is 7.28. The van der Waals surface area contributed by atoms with E-state index in [4.69, 9.17) is 5.11 Å². The SMILES string of the molecule is O=C(O)/C=C/CNC1CC1. The molecule has 0 aliphatic heterocycles. The highest BCUT2D eigenvalue weighted by Crippen LogP contribution is 2.17. The fourth-order valence-corrected chi connectivity index (χ4v) is 0.682. The molecule has 10 heavy (non-hydrogen) atoms. The molecule has 1 fully saturated rings. The Morgan fingerprint density at radius 1 is 1.70 bits per heavy atom. The summed E-state index contributed by atoms with van der Waals surface area (Å²) in [5.41, 5.74) is 0. The average molecular weight is 141 g/mol. The van der Waals surface area contributed by atoms with Gasteiger partial charge in [0, 0.05) is 18.7 Å². The van der Waals surface area contributed by atoms with Crippen LogP contribution in [0.1, 0.15) is 12.8 Å². The molecule has 0 unspecified atom stereocenters. The molecule has 1 aliphatic carbocycles. The Morgan fingerprint density at radius 3 is 2.90 bits per heavy atom. The van der Waals surface area contributed by atoms with Gasteiger partial charge < -0.3 is 10.4 Å². The molecule has 1 aliphatic rings. The predicted octanol–water partition coefficient (Wildman–Crippen LogP) is 0.379. The van der Waals surface area contributed by atoms with Gasteiger partial charge in [-0.25, -0.2) is 4.79 Å². The second kappa shape index (κ2) is 3.37. The van der Waals surface area contributed by atoms with Crippen molar-refractivity contribution in [3.8, 4) is 0 Å². The molecule has 0 aromatic carbocycles. The third-order valence-corrected chi connectivity index (χ3v) is 1.36. The Kier molecular flexibility index (Phi) is 2.45. The van der Waals surface area contributed by atoms with E-state index in [2.05, 4.69) is 5.32 Å². The molecule has 0 amide bonds. The lowest BCUT2D eigenvalue weighted by atomic mass is 10.5. The monoisotopic (exact) mass is 141 g/mol. The van der Waals surface area contributed by atoms with Gasteiger partial charge in [0.1, 0.15) is 0 Å². The number of carbonyl (C=O) groups is 1. The molecule has 0 radical (unpaired) electrons. The van der Waals surface area contributed by atoms with E-state index in [0.29, 0.717) is 12.6 Å². The van der Waals surface area contributed by atoms with Gasteiger partial charge in [0.05, 0.1) is 0 Å². The largest absolute Gasteiger partial charge is 0.478 e. The van der Waals surface area contributed by atoms with Crippen LogP contribution in [0.15, 0.2) is 12.2 Å². The molecule has 1 rings (SSSR count). The Hall–Kier alpha value is -0.830. The van der Waals surface area contributed by atoms with Crippen LogP contribution in [0.25, 0.3) is 0 Å². The van der Waals surface area contributed by atoms with E-state index in [1.54, 1.807) is 6.08 Å². The zero-order valence-electron chi connectivity index (χ0n) is 5.71. The van der Waals surface area contributed by atoms with Crippen LogP contribution in [0.4, 0.5) is 0 Å². The molecule has 0 spiro atoms. The molecule has 0 atom stereocenters. The topological polar surface area (TPSA) is 49.3 Å². The van der Waals surface area contributed by atoms with Crippen molar-refractivity contribution in [1.82, 2.24) is 5.32 Å². The van der Waals surface area contributed by atoms with Crippen LogP contribution in [0.3, 0.4) is 0 Å². The quantitative estimate of drug-likeness (QED) is 0.556. The fraction of sp³-hybridized carbons (Fsp3) is 0.571. The molecule has 3 nitrogen and oxygen atoms in total. The molecule has 1 saturated carbocycles. The summed E-state index contributed by atoms with van der Waals surface area (Å²) >= 11 is 0. The second-order valence-electron chi connectivity index (χ2n) is 2.42. The minimum Gasteiger partial charge on any atom is -0.478 e. The minimum atomic E-state index is -0.877. The lowest BCUT2D eigenvalue weighted by molar-refractivity contribution is -0.131. The van der Waals surface area contributed by atoms with Crippen molar-refractivity contribution >= 4 is 5.97 Å². The van der Waals surface area contributed by atoms with Gasteiger partial charge >= 0.3 is 5.97 Å². The van der Waals surface area contributed by atoms with E-state index in [1.807, 2.05) is 0 Å². The maximum atomic E-state index is 9.95. The number of rotatable bonds is 4. The van der Waals surface area contributed by atoms with Crippen LogP contribution in [-0.4, -0.2) is 23.7 Å². The molecule has 56 valence electrons. The standard InChI is InChI=1S/C7H11NO2/c9-7(10)2-1-5-8-6-3-4-6/h1-2,6,8H,3-5H2,(H,9,10)/b2-1+. The minimum absolute atomic E-state index is 0.651. The molecule has 0 aromatic heterocycles. The van der Waals surface area contributed by atoms with Gasteiger partial charge in [-0.1, -0.05) is 6.08 Å². The van der Waals surface area contributed by atoms with Crippen LogP contribution >= 0.6 is 0 Å². The summed E-state index contributed by atoms with van der Waals surface area (Å²) in [6.07, 6.45) is 5.26. The highest BCUT2D eigenvalue weighted by molar-refractivity contribution is 5.79. The van der Waals surface area contributed by atoms with Gasteiger partial charge in [-0.05, 0) is 12.8 Å². The van der Waals surface area contributed by atoms with E-state index >= 15 is 0 Å². The zero-order valence-corrected chi connectivity index (χ0v) is 5.71. The Morgan fingerprint density at radius 2 is 2.40 bits per heavy atom. The van der Waals surface area contributed by atoms with E-state index < -0.39 is 5.97 Å². The van der Waals surface area contributed by atoms with Crippen molar-refractivity contribution in [3.63, 3.8) is 0 Å². The van der Waals surface area contributed by atoms with Gasteiger partial charge in [-0.2, -0.15) is 0 Å². The van der Waals surface area contributed by atoms with Gasteiger partial charge in [0.15, 0.2) is 0 Å². The highest BCUT2D eigenvalue weighted by atomic mass is 16.4. The van der Waals surface area contributed by atoms with Crippen molar-refractivity contribution in [2.45, 2.75) is 18.9 Å². The zero-order chi connectivity index (χ0) is 7.40. The van der Waals surface area contributed by atoms with Crippen LogP contribution in [0.2, 0.25) is 0 Å². The summed E-state index contributed by atoms with van der Waals surface area (Å²) in [4.78, 5) is 9.95. The Bertz CT molecular complexity index is 150. The summed E-state index contributed by atoms with van der Waals surface area (Å²) < 4.78 is 0. The first-order valence-corrected chi connectivity index (χ1v) is 3.42. The second-order valence-corrected chi connectivity index (χ2v) is 2.42. The van der Waals surface area contributed by atoms with Crippen LogP contribution in [-0.2, 0) is 4.79 Å². The van der Waals surface area contributed by atoms with E-state index in [-0.39, 0.29) is 0 Å². The molecule has 0 saturated heterocycles. The highest BCUT2D eigenvalue weighted by Gasteiger charge is 2.18.